The van der Waals surface area contributed by atoms with E-state index in [1.165, 1.54) is 18.2 Å². The molecule has 0 aliphatic carbocycles. The van der Waals surface area contributed by atoms with Crippen LogP contribution in [0, 0.1) is 0 Å². The molecule has 0 aliphatic rings. The normalized spacial score (nSPS) is 11.8. The molecule has 0 atom stereocenters. The smallest absolute Gasteiger partial charge is 0.255 e. The van der Waals surface area contributed by atoms with E-state index in [2.05, 4.69) is 9.71 Å². The van der Waals surface area contributed by atoms with Gasteiger partial charge in [0.2, 0.25) is 10.0 Å². The van der Waals surface area contributed by atoms with Crippen molar-refractivity contribution in [2.75, 3.05) is 0 Å². The summed E-state index contributed by atoms with van der Waals surface area (Å²) in [5, 5.41) is 0.209. The number of hydrogen-bond acceptors (Lipinski definition) is 4. The molecule has 27 heavy (non-hydrogen) atoms. The summed E-state index contributed by atoms with van der Waals surface area (Å²) in [4.78, 5) is 18.8. The second-order valence-electron chi connectivity index (χ2n) is 6.81. The minimum Gasteiger partial charge on any atom is -0.332 e. The summed E-state index contributed by atoms with van der Waals surface area (Å²) in [5.41, 5.74) is 1.03. The van der Waals surface area contributed by atoms with Crippen LogP contribution in [0.2, 0.25) is 5.02 Å². The number of benzene rings is 1. The van der Waals surface area contributed by atoms with Gasteiger partial charge in [-0.1, -0.05) is 17.7 Å². The molecule has 2 rings (SSSR count). The first-order valence-electron chi connectivity index (χ1n) is 8.63. The predicted octanol–water partition coefficient (Wildman–Crippen LogP) is 3.47. The van der Waals surface area contributed by atoms with E-state index < -0.39 is 10.0 Å². The van der Waals surface area contributed by atoms with Gasteiger partial charge >= 0.3 is 0 Å². The maximum atomic E-state index is 13.1. The zero-order valence-corrected chi connectivity index (χ0v) is 17.4. The molecular weight excluding hydrogens is 386 g/mol. The van der Waals surface area contributed by atoms with E-state index in [0.29, 0.717) is 6.54 Å². The summed E-state index contributed by atoms with van der Waals surface area (Å²) in [5.74, 6) is -0.333. The first-order valence-corrected chi connectivity index (χ1v) is 10.5. The number of pyridine rings is 1. The fourth-order valence-electron chi connectivity index (χ4n) is 2.55. The number of amides is 1. The molecule has 0 radical (unpaired) electrons. The minimum atomic E-state index is -3.73. The molecule has 0 fully saturated rings. The highest BCUT2D eigenvalue weighted by Gasteiger charge is 2.24. The second kappa shape index (κ2) is 8.82. The summed E-state index contributed by atoms with van der Waals surface area (Å²) in [7, 11) is -3.73. The Morgan fingerprint density at radius 3 is 2.48 bits per heavy atom. The molecule has 2 aromatic rings. The fraction of sp³-hybridized carbons (Fsp3) is 0.368. The quantitative estimate of drug-likeness (QED) is 0.759. The summed E-state index contributed by atoms with van der Waals surface area (Å²) < 4.78 is 27.4. The summed E-state index contributed by atoms with van der Waals surface area (Å²) in [6.45, 7) is 7.59. The van der Waals surface area contributed by atoms with Crippen molar-refractivity contribution >= 4 is 27.5 Å². The van der Waals surface area contributed by atoms with Gasteiger partial charge in [-0.05, 0) is 57.5 Å². The summed E-state index contributed by atoms with van der Waals surface area (Å²) >= 11 is 6.22. The van der Waals surface area contributed by atoms with Crippen LogP contribution in [0.4, 0.5) is 0 Å². The largest absolute Gasteiger partial charge is 0.332 e. The van der Waals surface area contributed by atoms with Crippen molar-refractivity contribution in [3.05, 3.63) is 58.9 Å². The van der Waals surface area contributed by atoms with Gasteiger partial charge in [0.1, 0.15) is 0 Å². The molecule has 0 saturated heterocycles. The van der Waals surface area contributed by atoms with E-state index in [0.717, 1.165) is 5.56 Å². The standard InChI is InChI=1S/C19H24ClN3O3S/c1-13(2)22-27(25,26)16-7-8-18(20)17(10-16)19(24)23(14(3)4)12-15-6-5-9-21-11-15/h5-11,13-14,22H,12H2,1-4H3. The zero-order valence-electron chi connectivity index (χ0n) is 15.8. The monoisotopic (exact) mass is 409 g/mol. The average Bonchev–Trinajstić information content (AvgIpc) is 2.59. The van der Waals surface area contributed by atoms with Crippen LogP contribution < -0.4 is 4.72 Å². The van der Waals surface area contributed by atoms with Crippen molar-refractivity contribution < 1.29 is 13.2 Å². The Morgan fingerprint density at radius 1 is 1.22 bits per heavy atom. The van der Waals surface area contributed by atoms with Crippen LogP contribution in [-0.2, 0) is 16.6 Å². The number of aromatic nitrogens is 1. The lowest BCUT2D eigenvalue weighted by atomic mass is 10.1. The highest BCUT2D eigenvalue weighted by Crippen LogP contribution is 2.24. The Morgan fingerprint density at radius 2 is 1.93 bits per heavy atom. The molecule has 6 nitrogen and oxygen atoms in total. The van der Waals surface area contributed by atoms with E-state index in [9.17, 15) is 13.2 Å². The first kappa shape index (κ1) is 21.3. The average molecular weight is 410 g/mol. The van der Waals surface area contributed by atoms with Crippen LogP contribution in [0.15, 0.2) is 47.6 Å². The lowest BCUT2D eigenvalue weighted by molar-refractivity contribution is 0.0690. The van der Waals surface area contributed by atoms with Crippen molar-refractivity contribution in [1.82, 2.24) is 14.6 Å². The molecule has 1 aromatic heterocycles. The van der Waals surface area contributed by atoms with Crippen molar-refractivity contribution in [2.45, 2.75) is 51.2 Å². The van der Waals surface area contributed by atoms with Crippen LogP contribution in [0.25, 0.3) is 0 Å². The number of carbonyl (C=O) groups excluding carboxylic acids is 1. The second-order valence-corrected chi connectivity index (χ2v) is 8.93. The molecule has 146 valence electrons. The lowest BCUT2D eigenvalue weighted by Gasteiger charge is -2.27. The van der Waals surface area contributed by atoms with Gasteiger partial charge < -0.3 is 4.90 Å². The van der Waals surface area contributed by atoms with Gasteiger partial charge in [0, 0.05) is 31.0 Å². The molecule has 0 unspecified atom stereocenters. The number of halogens is 1. The van der Waals surface area contributed by atoms with E-state index in [1.54, 1.807) is 37.2 Å². The van der Waals surface area contributed by atoms with Crippen molar-refractivity contribution in [3.8, 4) is 0 Å². The Hall–Kier alpha value is -1.96. The molecule has 0 saturated carbocycles. The van der Waals surface area contributed by atoms with E-state index in [-0.39, 0.29) is 33.5 Å². The van der Waals surface area contributed by atoms with Gasteiger partial charge in [0.15, 0.2) is 0 Å². The molecule has 1 amide bonds. The molecule has 8 heteroatoms. The van der Waals surface area contributed by atoms with Crippen LogP contribution in [-0.4, -0.2) is 36.3 Å². The Kier molecular flexibility index (Phi) is 6.97. The van der Waals surface area contributed by atoms with Gasteiger partial charge in [-0.3, -0.25) is 9.78 Å². The number of hydrogen-bond donors (Lipinski definition) is 1. The van der Waals surface area contributed by atoms with Gasteiger partial charge in [-0.15, -0.1) is 0 Å². The minimum absolute atomic E-state index is 0.00836. The van der Waals surface area contributed by atoms with E-state index in [1.807, 2.05) is 19.9 Å². The van der Waals surface area contributed by atoms with Crippen LogP contribution in [0.5, 0.6) is 0 Å². The molecular formula is C19H24ClN3O3S. The maximum absolute atomic E-state index is 13.1. The molecule has 1 heterocycles. The number of sulfonamides is 1. The number of carbonyl (C=O) groups is 1. The third-order valence-electron chi connectivity index (χ3n) is 3.83. The fourth-order valence-corrected chi connectivity index (χ4v) is 4.02. The topological polar surface area (TPSA) is 79.4 Å². The number of nitrogens with zero attached hydrogens (tertiary/aromatic N) is 2. The molecule has 0 aliphatic heterocycles. The van der Waals surface area contributed by atoms with Gasteiger partial charge in [-0.2, -0.15) is 0 Å². The van der Waals surface area contributed by atoms with Crippen LogP contribution in [0.3, 0.4) is 0 Å². The van der Waals surface area contributed by atoms with Crippen molar-refractivity contribution in [2.24, 2.45) is 0 Å². The number of rotatable bonds is 7. The lowest BCUT2D eigenvalue weighted by Crippen LogP contribution is -2.37. The summed E-state index contributed by atoms with van der Waals surface area (Å²) in [6.07, 6.45) is 3.36. The van der Waals surface area contributed by atoms with Gasteiger partial charge in [0.05, 0.1) is 15.5 Å². The predicted molar refractivity (Wildman–Crippen MR) is 106 cm³/mol. The molecule has 1 aromatic carbocycles. The van der Waals surface area contributed by atoms with Crippen molar-refractivity contribution in [1.29, 1.82) is 0 Å². The van der Waals surface area contributed by atoms with Crippen LogP contribution in [0.1, 0.15) is 43.6 Å². The summed E-state index contributed by atoms with van der Waals surface area (Å²) in [6, 6.07) is 7.47. The highest BCUT2D eigenvalue weighted by molar-refractivity contribution is 7.89. The Labute approximate surface area is 165 Å². The molecule has 0 spiro atoms. The van der Waals surface area contributed by atoms with Gasteiger partial charge in [0.25, 0.3) is 5.91 Å². The van der Waals surface area contributed by atoms with Crippen molar-refractivity contribution in [3.63, 3.8) is 0 Å². The number of nitrogens with one attached hydrogen (secondary N) is 1. The first-order chi connectivity index (χ1) is 12.6. The van der Waals surface area contributed by atoms with Gasteiger partial charge in [-0.25, -0.2) is 13.1 Å². The Bertz CT molecular complexity index is 900. The zero-order chi connectivity index (χ0) is 20.2. The third kappa shape index (κ3) is 5.51. The van der Waals surface area contributed by atoms with E-state index in [4.69, 9.17) is 11.6 Å². The van der Waals surface area contributed by atoms with E-state index >= 15 is 0 Å². The Balaban J connectivity index is 2.39. The van der Waals surface area contributed by atoms with Crippen LogP contribution >= 0.6 is 11.6 Å². The molecule has 1 N–H and O–H groups in total. The SMILES string of the molecule is CC(C)NS(=O)(=O)c1ccc(Cl)c(C(=O)N(Cc2cccnc2)C(C)C)c1. The highest BCUT2D eigenvalue weighted by atomic mass is 35.5. The molecule has 0 bridgehead atoms. The maximum Gasteiger partial charge on any atom is 0.255 e. The third-order valence-corrected chi connectivity index (χ3v) is 5.82.